The molecule has 0 bridgehead atoms. The molecule has 0 radical (unpaired) electrons. The van der Waals surface area contributed by atoms with E-state index in [-0.39, 0.29) is 42.6 Å². The molecule has 26 heavy (non-hydrogen) atoms. The number of halogens is 1. The molecule has 1 aliphatic rings. The summed E-state index contributed by atoms with van der Waals surface area (Å²) < 4.78 is 33.2. The Morgan fingerprint density at radius 2 is 2.04 bits per heavy atom. The van der Waals surface area contributed by atoms with Crippen LogP contribution < -0.4 is 20.1 Å². The van der Waals surface area contributed by atoms with Crippen LogP contribution in [0.2, 0.25) is 0 Å². The molecule has 0 aliphatic carbocycles. The molecule has 0 amide bonds. The van der Waals surface area contributed by atoms with Crippen LogP contribution in [-0.2, 0) is 16.3 Å². The second kappa shape index (κ2) is 10.8. The summed E-state index contributed by atoms with van der Waals surface area (Å²) >= 11 is 0. The summed E-state index contributed by atoms with van der Waals surface area (Å²) in [4.78, 5) is 4.56. The molecule has 1 aromatic rings. The second-order valence-electron chi connectivity index (χ2n) is 6.16. The highest BCUT2D eigenvalue weighted by Gasteiger charge is 2.13. The number of fused-ring (bicyclic) bond motifs is 1. The number of nitrogens with zero attached hydrogens (tertiary/aromatic N) is 1. The fourth-order valence-corrected chi connectivity index (χ4v) is 3.19. The van der Waals surface area contributed by atoms with Gasteiger partial charge in [0.15, 0.2) is 17.5 Å². The van der Waals surface area contributed by atoms with E-state index in [0.29, 0.717) is 18.9 Å². The Labute approximate surface area is 172 Å². The third-order valence-electron chi connectivity index (χ3n) is 3.76. The highest BCUT2D eigenvalue weighted by Crippen LogP contribution is 2.32. The van der Waals surface area contributed by atoms with Crippen LogP contribution in [0.1, 0.15) is 25.8 Å². The first-order valence-corrected chi connectivity index (χ1v) is 10.5. The minimum atomic E-state index is -2.95. The molecule has 0 saturated heterocycles. The molecule has 2 N–H and O–H groups in total. The van der Waals surface area contributed by atoms with Crippen molar-refractivity contribution in [2.45, 2.75) is 32.7 Å². The highest BCUT2D eigenvalue weighted by molar-refractivity contribution is 14.0. The van der Waals surface area contributed by atoms with Crippen LogP contribution in [0.4, 0.5) is 0 Å². The summed E-state index contributed by atoms with van der Waals surface area (Å²) in [5.74, 6) is 2.42. The maximum absolute atomic E-state index is 11.3. The molecule has 9 heteroatoms. The van der Waals surface area contributed by atoms with E-state index >= 15 is 0 Å². The van der Waals surface area contributed by atoms with E-state index in [0.717, 1.165) is 30.0 Å². The van der Waals surface area contributed by atoms with Gasteiger partial charge in [0.1, 0.15) is 9.84 Å². The number of guanidine groups is 1. The van der Waals surface area contributed by atoms with Crippen molar-refractivity contribution in [2.75, 3.05) is 31.9 Å². The van der Waals surface area contributed by atoms with Crippen molar-refractivity contribution in [2.24, 2.45) is 4.99 Å². The van der Waals surface area contributed by atoms with Gasteiger partial charge in [-0.3, -0.25) is 4.99 Å². The van der Waals surface area contributed by atoms with Crippen LogP contribution in [0.5, 0.6) is 11.5 Å². The first-order valence-electron chi connectivity index (χ1n) is 8.48. The lowest BCUT2D eigenvalue weighted by Gasteiger charge is -2.17. The number of nitrogens with one attached hydrogen (secondary N) is 2. The van der Waals surface area contributed by atoms with E-state index in [1.807, 2.05) is 32.0 Å². The first-order chi connectivity index (χ1) is 11.9. The molecule has 0 spiro atoms. The number of rotatable bonds is 8. The maximum Gasteiger partial charge on any atom is 0.231 e. The van der Waals surface area contributed by atoms with Crippen LogP contribution in [0.25, 0.3) is 0 Å². The number of hydrogen-bond acceptors (Lipinski definition) is 5. The monoisotopic (exact) mass is 497 g/mol. The van der Waals surface area contributed by atoms with Crippen molar-refractivity contribution in [3.63, 3.8) is 0 Å². The van der Waals surface area contributed by atoms with Crippen LogP contribution >= 0.6 is 24.0 Å². The number of hydrogen-bond donors (Lipinski definition) is 2. The normalized spacial score (nSPS) is 14.5. The number of benzene rings is 1. The fraction of sp³-hybridized carbons (Fsp3) is 0.588. The molecule has 0 saturated carbocycles. The van der Waals surface area contributed by atoms with Gasteiger partial charge in [0.25, 0.3) is 0 Å². The van der Waals surface area contributed by atoms with Crippen molar-refractivity contribution >= 4 is 39.8 Å². The lowest BCUT2D eigenvalue weighted by Crippen LogP contribution is -2.43. The van der Waals surface area contributed by atoms with Crippen molar-refractivity contribution in [3.8, 4) is 11.5 Å². The standard InChI is InChI=1S/C17H27N3O4S.HI/c1-4-18-17(20-13(2)8-10-25(3,21)22)19-9-7-14-5-6-15-16(11-14)24-12-23-15;/h5-6,11,13H,4,7-10,12H2,1-3H3,(H2,18,19,20);1H. The van der Waals surface area contributed by atoms with Crippen LogP contribution in [0, 0.1) is 0 Å². The van der Waals surface area contributed by atoms with E-state index in [2.05, 4.69) is 15.6 Å². The minimum absolute atomic E-state index is 0. The second-order valence-corrected chi connectivity index (χ2v) is 8.42. The topological polar surface area (TPSA) is 89.0 Å². The maximum atomic E-state index is 11.3. The number of ether oxygens (including phenoxy) is 2. The van der Waals surface area contributed by atoms with Crippen LogP contribution in [-0.4, -0.2) is 52.3 Å². The molecule has 148 valence electrons. The van der Waals surface area contributed by atoms with Gasteiger partial charge in [-0.25, -0.2) is 8.42 Å². The van der Waals surface area contributed by atoms with E-state index in [1.54, 1.807) is 0 Å². The largest absolute Gasteiger partial charge is 0.454 e. The molecule has 7 nitrogen and oxygen atoms in total. The summed E-state index contributed by atoms with van der Waals surface area (Å²) in [6.07, 6.45) is 2.58. The zero-order valence-corrected chi connectivity index (χ0v) is 18.6. The zero-order chi connectivity index (χ0) is 18.3. The van der Waals surface area contributed by atoms with E-state index in [1.165, 1.54) is 6.26 Å². The average Bonchev–Trinajstić information content (AvgIpc) is 3.00. The van der Waals surface area contributed by atoms with Crippen LogP contribution in [0.15, 0.2) is 23.2 Å². The fourth-order valence-electron chi connectivity index (χ4n) is 2.41. The molecule has 1 aliphatic heterocycles. The van der Waals surface area contributed by atoms with Crippen molar-refractivity contribution in [1.29, 1.82) is 0 Å². The molecule has 1 atom stereocenters. The molecule has 1 heterocycles. The molecular formula is C17H28IN3O4S. The quantitative estimate of drug-likeness (QED) is 0.325. The Bertz CT molecular complexity index is 710. The summed E-state index contributed by atoms with van der Waals surface area (Å²) in [5.41, 5.74) is 1.13. The Hall–Kier alpha value is -1.23. The summed E-state index contributed by atoms with van der Waals surface area (Å²) in [6, 6.07) is 5.93. The Morgan fingerprint density at radius 1 is 1.31 bits per heavy atom. The highest BCUT2D eigenvalue weighted by atomic mass is 127. The smallest absolute Gasteiger partial charge is 0.231 e. The molecule has 1 aromatic carbocycles. The van der Waals surface area contributed by atoms with Gasteiger partial charge in [0, 0.05) is 25.4 Å². The zero-order valence-electron chi connectivity index (χ0n) is 15.4. The average molecular weight is 497 g/mol. The van der Waals surface area contributed by atoms with E-state index in [9.17, 15) is 8.42 Å². The van der Waals surface area contributed by atoms with Gasteiger partial charge in [-0.15, -0.1) is 24.0 Å². The Morgan fingerprint density at radius 3 is 2.73 bits per heavy atom. The lowest BCUT2D eigenvalue weighted by molar-refractivity contribution is 0.174. The van der Waals surface area contributed by atoms with E-state index in [4.69, 9.17) is 9.47 Å². The summed E-state index contributed by atoms with van der Waals surface area (Å²) in [6.45, 7) is 5.59. The van der Waals surface area contributed by atoms with E-state index < -0.39 is 9.84 Å². The van der Waals surface area contributed by atoms with Crippen molar-refractivity contribution < 1.29 is 17.9 Å². The molecule has 2 rings (SSSR count). The Balaban J connectivity index is 0.00000338. The Kier molecular flexibility index (Phi) is 9.48. The van der Waals surface area contributed by atoms with Gasteiger partial charge in [-0.1, -0.05) is 6.07 Å². The third-order valence-corrected chi connectivity index (χ3v) is 4.73. The molecular weight excluding hydrogens is 469 g/mol. The number of sulfone groups is 1. The first kappa shape index (κ1) is 22.8. The van der Waals surface area contributed by atoms with Gasteiger partial charge in [-0.05, 0) is 44.4 Å². The van der Waals surface area contributed by atoms with Crippen molar-refractivity contribution in [1.82, 2.24) is 10.6 Å². The van der Waals surface area contributed by atoms with Gasteiger partial charge < -0.3 is 20.1 Å². The van der Waals surface area contributed by atoms with Gasteiger partial charge in [0.2, 0.25) is 6.79 Å². The van der Waals surface area contributed by atoms with Gasteiger partial charge in [0.05, 0.1) is 5.75 Å². The van der Waals surface area contributed by atoms with Crippen LogP contribution in [0.3, 0.4) is 0 Å². The summed E-state index contributed by atoms with van der Waals surface area (Å²) in [7, 11) is -2.95. The number of aliphatic imine (C=N–C) groups is 1. The lowest BCUT2D eigenvalue weighted by atomic mass is 10.1. The van der Waals surface area contributed by atoms with Crippen molar-refractivity contribution in [3.05, 3.63) is 23.8 Å². The minimum Gasteiger partial charge on any atom is -0.454 e. The van der Waals surface area contributed by atoms with Gasteiger partial charge >= 0.3 is 0 Å². The predicted octanol–water partition coefficient (Wildman–Crippen LogP) is 1.95. The molecule has 0 fully saturated rings. The third kappa shape index (κ3) is 7.98. The molecule has 1 unspecified atom stereocenters. The summed E-state index contributed by atoms with van der Waals surface area (Å²) in [5, 5.41) is 6.43. The predicted molar refractivity (Wildman–Crippen MR) is 115 cm³/mol. The SMILES string of the molecule is CCNC(=NCCc1ccc2c(c1)OCO2)NC(C)CCS(C)(=O)=O.I. The molecule has 0 aromatic heterocycles. The van der Waals surface area contributed by atoms with Gasteiger partial charge in [-0.2, -0.15) is 0 Å².